The Bertz CT molecular complexity index is 409. The highest BCUT2D eigenvalue weighted by atomic mass is 32.2. The number of ether oxygens (including phenoxy) is 2. The number of rotatable bonds is 3. The molecular weight excluding hydrogens is 234 g/mol. The van der Waals surface area contributed by atoms with Gasteiger partial charge in [-0.15, -0.1) is 0 Å². The molecule has 1 aliphatic heterocycles. The molecule has 1 heterocycles. The van der Waals surface area contributed by atoms with Crippen molar-refractivity contribution in [1.82, 2.24) is 5.32 Å². The maximum absolute atomic E-state index is 5.37. The Hall–Kier alpha value is -0.870. The molecule has 0 bridgehead atoms. The molecule has 1 N–H and O–H groups in total. The van der Waals surface area contributed by atoms with Gasteiger partial charge in [0.2, 0.25) is 0 Å². The first kappa shape index (κ1) is 12.6. The van der Waals surface area contributed by atoms with Crippen molar-refractivity contribution in [2.75, 3.05) is 21.3 Å². The van der Waals surface area contributed by atoms with Gasteiger partial charge in [0, 0.05) is 17.0 Å². The first-order valence-electron chi connectivity index (χ1n) is 5.75. The number of nitrogens with one attached hydrogen (secondary N) is 1. The normalized spacial score (nSPS) is 23.1. The SMILES string of the molecule is CNC1c2cc(OC)c(OC)cc2CSC1C. The number of benzene rings is 1. The summed E-state index contributed by atoms with van der Waals surface area (Å²) in [6.07, 6.45) is 0. The van der Waals surface area contributed by atoms with Gasteiger partial charge < -0.3 is 14.8 Å². The fourth-order valence-corrected chi connectivity index (χ4v) is 3.48. The van der Waals surface area contributed by atoms with E-state index in [-0.39, 0.29) is 0 Å². The molecule has 0 spiro atoms. The van der Waals surface area contributed by atoms with Crippen molar-refractivity contribution in [1.29, 1.82) is 0 Å². The minimum Gasteiger partial charge on any atom is -0.493 e. The molecule has 1 aromatic carbocycles. The van der Waals surface area contributed by atoms with Crippen molar-refractivity contribution < 1.29 is 9.47 Å². The van der Waals surface area contributed by atoms with Crippen LogP contribution in [0.5, 0.6) is 11.5 Å². The second-order valence-electron chi connectivity index (χ2n) is 4.19. The molecule has 0 radical (unpaired) electrons. The Morgan fingerprint density at radius 3 is 2.47 bits per heavy atom. The number of fused-ring (bicyclic) bond motifs is 1. The molecule has 94 valence electrons. The monoisotopic (exact) mass is 253 g/mol. The Kier molecular flexibility index (Phi) is 3.84. The van der Waals surface area contributed by atoms with Crippen LogP contribution in [0.2, 0.25) is 0 Å². The average molecular weight is 253 g/mol. The highest BCUT2D eigenvalue weighted by Crippen LogP contribution is 2.42. The van der Waals surface area contributed by atoms with Gasteiger partial charge in [-0.25, -0.2) is 0 Å². The first-order valence-corrected chi connectivity index (χ1v) is 6.79. The predicted octanol–water partition coefficient (Wildman–Crippen LogP) is 2.60. The predicted molar refractivity (Wildman–Crippen MR) is 72.1 cm³/mol. The van der Waals surface area contributed by atoms with E-state index in [1.807, 2.05) is 18.8 Å². The molecule has 17 heavy (non-hydrogen) atoms. The van der Waals surface area contributed by atoms with Crippen molar-refractivity contribution in [3.63, 3.8) is 0 Å². The third kappa shape index (κ3) is 2.24. The van der Waals surface area contributed by atoms with Gasteiger partial charge in [-0.05, 0) is 30.3 Å². The number of methoxy groups -OCH3 is 2. The molecule has 2 atom stereocenters. The smallest absolute Gasteiger partial charge is 0.161 e. The molecule has 0 saturated carbocycles. The van der Waals surface area contributed by atoms with Gasteiger partial charge in [0.15, 0.2) is 11.5 Å². The van der Waals surface area contributed by atoms with Crippen LogP contribution in [0.25, 0.3) is 0 Å². The lowest BCUT2D eigenvalue weighted by Gasteiger charge is -2.31. The Balaban J connectivity index is 2.48. The van der Waals surface area contributed by atoms with Crippen LogP contribution in [0.15, 0.2) is 12.1 Å². The van der Waals surface area contributed by atoms with Crippen LogP contribution in [0.4, 0.5) is 0 Å². The molecule has 1 aromatic rings. The zero-order valence-electron chi connectivity index (χ0n) is 10.7. The van der Waals surface area contributed by atoms with Gasteiger partial charge in [-0.2, -0.15) is 11.8 Å². The molecule has 0 amide bonds. The fourth-order valence-electron chi connectivity index (χ4n) is 2.31. The van der Waals surface area contributed by atoms with Crippen LogP contribution in [0.1, 0.15) is 24.1 Å². The standard InChI is InChI=1S/C13H19NO2S/c1-8-13(14-2)10-6-12(16-4)11(15-3)5-9(10)7-17-8/h5-6,8,13-14H,7H2,1-4H3. The third-order valence-corrected chi connectivity index (χ3v) is 4.54. The number of hydrogen-bond donors (Lipinski definition) is 1. The maximum Gasteiger partial charge on any atom is 0.161 e. The van der Waals surface area contributed by atoms with Crippen LogP contribution in [-0.2, 0) is 5.75 Å². The van der Waals surface area contributed by atoms with Gasteiger partial charge in [0.25, 0.3) is 0 Å². The van der Waals surface area contributed by atoms with E-state index in [9.17, 15) is 0 Å². The lowest BCUT2D eigenvalue weighted by molar-refractivity contribution is 0.353. The minimum absolute atomic E-state index is 0.378. The van der Waals surface area contributed by atoms with Crippen LogP contribution >= 0.6 is 11.8 Å². The summed E-state index contributed by atoms with van der Waals surface area (Å²) in [7, 11) is 5.37. The van der Waals surface area contributed by atoms with E-state index in [0.29, 0.717) is 11.3 Å². The van der Waals surface area contributed by atoms with E-state index in [4.69, 9.17) is 9.47 Å². The summed E-state index contributed by atoms with van der Waals surface area (Å²) < 4.78 is 10.7. The maximum atomic E-state index is 5.37. The quantitative estimate of drug-likeness (QED) is 0.897. The molecular formula is C13H19NO2S. The lowest BCUT2D eigenvalue weighted by atomic mass is 9.97. The van der Waals surface area contributed by atoms with Crippen LogP contribution in [-0.4, -0.2) is 26.5 Å². The van der Waals surface area contributed by atoms with Gasteiger partial charge in [-0.1, -0.05) is 6.92 Å². The second kappa shape index (κ2) is 5.19. The molecule has 2 unspecified atom stereocenters. The Labute approximate surface area is 107 Å². The van der Waals surface area contributed by atoms with Crippen LogP contribution < -0.4 is 14.8 Å². The summed E-state index contributed by atoms with van der Waals surface area (Å²) in [5.41, 5.74) is 2.67. The first-order chi connectivity index (χ1) is 8.21. The lowest BCUT2D eigenvalue weighted by Crippen LogP contribution is -2.29. The van der Waals surface area contributed by atoms with E-state index in [0.717, 1.165) is 17.3 Å². The molecule has 1 aliphatic rings. The zero-order chi connectivity index (χ0) is 12.4. The summed E-state index contributed by atoms with van der Waals surface area (Å²) in [5.74, 6) is 2.66. The topological polar surface area (TPSA) is 30.5 Å². The minimum atomic E-state index is 0.378. The van der Waals surface area contributed by atoms with E-state index < -0.39 is 0 Å². The van der Waals surface area contributed by atoms with Crippen LogP contribution in [0, 0.1) is 0 Å². The largest absolute Gasteiger partial charge is 0.493 e. The summed E-state index contributed by atoms with van der Waals surface area (Å²) >= 11 is 1.97. The summed E-state index contributed by atoms with van der Waals surface area (Å²) in [6, 6.07) is 4.58. The number of hydrogen-bond acceptors (Lipinski definition) is 4. The highest BCUT2D eigenvalue weighted by Gasteiger charge is 2.27. The van der Waals surface area contributed by atoms with Crippen molar-refractivity contribution in [2.45, 2.75) is 24.0 Å². The van der Waals surface area contributed by atoms with Crippen LogP contribution in [0.3, 0.4) is 0 Å². The molecule has 0 aliphatic carbocycles. The van der Waals surface area contributed by atoms with Crippen molar-refractivity contribution in [3.8, 4) is 11.5 Å². The third-order valence-electron chi connectivity index (χ3n) is 3.26. The van der Waals surface area contributed by atoms with E-state index in [1.165, 1.54) is 11.1 Å². The summed E-state index contributed by atoms with van der Waals surface area (Å²) in [4.78, 5) is 0. The molecule has 0 fully saturated rings. The van der Waals surface area contributed by atoms with Gasteiger partial charge in [-0.3, -0.25) is 0 Å². The van der Waals surface area contributed by atoms with Crippen molar-refractivity contribution in [3.05, 3.63) is 23.3 Å². The average Bonchev–Trinajstić information content (AvgIpc) is 2.37. The Morgan fingerprint density at radius 1 is 1.24 bits per heavy atom. The molecule has 2 rings (SSSR count). The van der Waals surface area contributed by atoms with Gasteiger partial charge >= 0.3 is 0 Å². The number of thioether (sulfide) groups is 1. The van der Waals surface area contributed by atoms with Crippen molar-refractivity contribution >= 4 is 11.8 Å². The van der Waals surface area contributed by atoms with E-state index in [2.05, 4.69) is 24.4 Å². The molecule has 4 heteroatoms. The van der Waals surface area contributed by atoms with Gasteiger partial charge in [0.05, 0.1) is 14.2 Å². The fraction of sp³-hybridized carbons (Fsp3) is 0.538. The molecule has 3 nitrogen and oxygen atoms in total. The van der Waals surface area contributed by atoms with Gasteiger partial charge in [0.1, 0.15) is 0 Å². The van der Waals surface area contributed by atoms with E-state index >= 15 is 0 Å². The molecule has 0 aromatic heterocycles. The van der Waals surface area contributed by atoms with E-state index in [1.54, 1.807) is 14.2 Å². The Morgan fingerprint density at radius 2 is 1.88 bits per heavy atom. The highest BCUT2D eigenvalue weighted by molar-refractivity contribution is 7.99. The zero-order valence-corrected chi connectivity index (χ0v) is 11.6. The molecule has 0 saturated heterocycles. The van der Waals surface area contributed by atoms with Crippen molar-refractivity contribution in [2.24, 2.45) is 0 Å². The summed E-state index contributed by atoms with van der Waals surface area (Å²) in [6.45, 7) is 2.26. The second-order valence-corrected chi connectivity index (χ2v) is 5.55. The summed E-state index contributed by atoms with van der Waals surface area (Å²) in [5, 5.41) is 3.96.